The Labute approximate surface area is 112 Å². The highest BCUT2D eigenvalue weighted by Crippen LogP contribution is 2.41. The number of rotatable bonds is 4. The molecule has 2 rings (SSSR count). The van der Waals surface area contributed by atoms with E-state index in [4.69, 9.17) is 0 Å². The average Bonchev–Trinajstić information content (AvgIpc) is 2.41. The highest BCUT2D eigenvalue weighted by molar-refractivity contribution is 4.92. The van der Waals surface area contributed by atoms with Gasteiger partial charge < -0.3 is 0 Å². The van der Waals surface area contributed by atoms with Crippen LogP contribution in [-0.4, -0.2) is 6.67 Å². The lowest BCUT2D eigenvalue weighted by molar-refractivity contribution is 0.160. The minimum Gasteiger partial charge on any atom is -0.251 e. The Morgan fingerprint density at radius 1 is 0.889 bits per heavy atom. The summed E-state index contributed by atoms with van der Waals surface area (Å²) in [6.07, 6.45) is 16.4. The minimum atomic E-state index is -0.202. The molecular formula is C17H29F. The highest BCUT2D eigenvalue weighted by atomic mass is 19.1. The summed E-state index contributed by atoms with van der Waals surface area (Å²) in [7, 11) is 0. The van der Waals surface area contributed by atoms with Crippen molar-refractivity contribution in [2.45, 2.75) is 64.7 Å². The Morgan fingerprint density at radius 2 is 1.44 bits per heavy atom. The molecular weight excluding hydrogens is 223 g/mol. The number of hydrogen-bond acceptors (Lipinski definition) is 0. The normalized spacial score (nSPS) is 38.1. The van der Waals surface area contributed by atoms with Crippen LogP contribution in [0.25, 0.3) is 0 Å². The summed E-state index contributed by atoms with van der Waals surface area (Å²) >= 11 is 0. The molecule has 0 unspecified atom stereocenters. The maximum absolute atomic E-state index is 12.0. The predicted octanol–water partition coefficient (Wildman–Crippen LogP) is 5.53. The van der Waals surface area contributed by atoms with Crippen LogP contribution in [0, 0.1) is 23.7 Å². The molecule has 0 aliphatic heterocycles. The summed E-state index contributed by atoms with van der Waals surface area (Å²) in [6, 6.07) is 0. The third-order valence-electron chi connectivity index (χ3n) is 5.23. The van der Waals surface area contributed by atoms with Gasteiger partial charge >= 0.3 is 0 Å². The number of alkyl halides is 1. The van der Waals surface area contributed by atoms with Crippen molar-refractivity contribution in [2.24, 2.45) is 23.7 Å². The standard InChI is InChI=1S/C17H29F/c1-14-5-9-16(10-6-14)17-11-7-15(8-12-17)4-2-3-13-18/h2,4,14-17H,3,5-13H2,1H3/t14-,15-,16-,17-. The third kappa shape index (κ3) is 4.10. The zero-order valence-corrected chi connectivity index (χ0v) is 11.9. The molecule has 18 heavy (non-hydrogen) atoms. The summed E-state index contributed by atoms with van der Waals surface area (Å²) in [5.74, 6) is 3.75. The highest BCUT2D eigenvalue weighted by Gasteiger charge is 2.29. The predicted molar refractivity (Wildman–Crippen MR) is 76.3 cm³/mol. The molecule has 2 aliphatic rings. The van der Waals surface area contributed by atoms with E-state index in [2.05, 4.69) is 13.0 Å². The van der Waals surface area contributed by atoms with Gasteiger partial charge in [0, 0.05) is 0 Å². The van der Waals surface area contributed by atoms with E-state index < -0.39 is 0 Å². The van der Waals surface area contributed by atoms with E-state index in [1.54, 1.807) is 0 Å². The van der Waals surface area contributed by atoms with Gasteiger partial charge in [-0.05, 0) is 68.6 Å². The van der Waals surface area contributed by atoms with Gasteiger partial charge in [0.1, 0.15) is 0 Å². The largest absolute Gasteiger partial charge is 0.251 e. The second kappa shape index (κ2) is 7.31. The van der Waals surface area contributed by atoms with Crippen LogP contribution in [0.2, 0.25) is 0 Å². The molecule has 2 saturated carbocycles. The summed E-state index contributed by atoms with van der Waals surface area (Å²) in [4.78, 5) is 0. The van der Waals surface area contributed by atoms with Gasteiger partial charge in [-0.2, -0.15) is 0 Å². The Kier molecular flexibility index (Phi) is 5.72. The van der Waals surface area contributed by atoms with Crippen LogP contribution < -0.4 is 0 Å². The van der Waals surface area contributed by atoms with Crippen molar-refractivity contribution in [3.63, 3.8) is 0 Å². The van der Waals surface area contributed by atoms with E-state index in [0.29, 0.717) is 6.42 Å². The fourth-order valence-corrected chi connectivity index (χ4v) is 3.92. The molecule has 0 spiro atoms. The third-order valence-corrected chi connectivity index (χ3v) is 5.23. The van der Waals surface area contributed by atoms with Gasteiger partial charge in [0.15, 0.2) is 0 Å². The van der Waals surface area contributed by atoms with Gasteiger partial charge in [-0.15, -0.1) is 0 Å². The maximum Gasteiger partial charge on any atom is 0.0928 e. The van der Waals surface area contributed by atoms with Crippen molar-refractivity contribution in [1.82, 2.24) is 0 Å². The van der Waals surface area contributed by atoms with Crippen LogP contribution in [-0.2, 0) is 0 Å². The Morgan fingerprint density at radius 3 is 2.00 bits per heavy atom. The fraction of sp³-hybridized carbons (Fsp3) is 0.882. The van der Waals surface area contributed by atoms with Crippen molar-refractivity contribution in [2.75, 3.05) is 6.67 Å². The molecule has 0 saturated heterocycles. The van der Waals surface area contributed by atoms with Crippen molar-refractivity contribution in [3.05, 3.63) is 12.2 Å². The van der Waals surface area contributed by atoms with Crippen molar-refractivity contribution in [3.8, 4) is 0 Å². The Balaban J connectivity index is 1.70. The van der Waals surface area contributed by atoms with Crippen LogP contribution in [0.4, 0.5) is 4.39 Å². The van der Waals surface area contributed by atoms with Gasteiger partial charge in [0.25, 0.3) is 0 Å². The van der Waals surface area contributed by atoms with Crippen LogP contribution >= 0.6 is 0 Å². The van der Waals surface area contributed by atoms with E-state index in [-0.39, 0.29) is 6.67 Å². The Hall–Kier alpha value is -0.330. The quantitative estimate of drug-likeness (QED) is 0.577. The van der Waals surface area contributed by atoms with Crippen molar-refractivity contribution in [1.29, 1.82) is 0 Å². The topological polar surface area (TPSA) is 0 Å². The SMILES string of the molecule is C[C@H]1CC[C@H]([C@H]2CC[C@H](C=CCCF)CC2)CC1. The molecule has 0 aromatic heterocycles. The zero-order chi connectivity index (χ0) is 12.8. The van der Waals surface area contributed by atoms with E-state index in [9.17, 15) is 4.39 Å². The first-order valence-electron chi connectivity index (χ1n) is 8.02. The van der Waals surface area contributed by atoms with E-state index >= 15 is 0 Å². The van der Waals surface area contributed by atoms with Gasteiger partial charge in [-0.1, -0.05) is 31.9 Å². The molecule has 2 aliphatic carbocycles. The summed E-state index contributed by atoms with van der Waals surface area (Å²) in [5.41, 5.74) is 0. The van der Waals surface area contributed by atoms with Gasteiger partial charge in [-0.3, -0.25) is 4.39 Å². The van der Waals surface area contributed by atoms with Gasteiger partial charge in [0.05, 0.1) is 6.67 Å². The first kappa shape index (κ1) is 14.1. The molecule has 0 nitrogen and oxygen atoms in total. The lowest BCUT2D eigenvalue weighted by Crippen LogP contribution is -2.24. The first-order valence-corrected chi connectivity index (χ1v) is 8.02. The smallest absolute Gasteiger partial charge is 0.0928 e. The van der Waals surface area contributed by atoms with Gasteiger partial charge in [0.2, 0.25) is 0 Å². The lowest BCUT2D eigenvalue weighted by Gasteiger charge is -2.36. The zero-order valence-electron chi connectivity index (χ0n) is 11.9. The maximum atomic E-state index is 12.0. The number of halogens is 1. The minimum absolute atomic E-state index is 0.202. The molecule has 0 N–H and O–H groups in total. The molecule has 0 atom stereocenters. The van der Waals surface area contributed by atoms with Crippen LogP contribution in [0.5, 0.6) is 0 Å². The van der Waals surface area contributed by atoms with E-state index in [1.807, 2.05) is 6.08 Å². The molecule has 0 bridgehead atoms. The molecule has 1 heteroatoms. The summed E-state index contributed by atoms with van der Waals surface area (Å²) < 4.78 is 12.0. The van der Waals surface area contributed by atoms with Gasteiger partial charge in [-0.25, -0.2) is 0 Å². The molecule has 0 aromatic rings. The number of allylic oxidation sites excluding steroid dienone is 2. The first-order chi connectivity index (χ1) is 8.79. The second-order valence-corrected chi connectivity index (χ2v) is 6.60. The fourth-order valence-electron chi connectivity index (χ4n) is 3.92. The Bertz CT molecular complexity index is 242. The summed E-state index contributed by atoms with van der Waals surface area (Å²) in [5, 5.41) is 0. The molecule has 0 radical (unpaired) electrons. The van der Waals surface area contributed by atoms with Crippen LogP contribution in [0.15, 0.2) is 12.2 Å². The molecule has 104 valence electrons. The molecule has 0 amide bonds. The van der Waals surface area contributed by atoms with Crippen molar-refractivity contribution < 1.29 is 4.39 Å². The molecule has 0 heterocycles. The second-order valence-electron chi connectivity index (χ2n) is 6.60. The van der Waals surface area contributed by atoms with E-state index in [0.717, 1.165) is 23.7 Å². The van der Waals surface area contributed by atoms with Crippen LogP contribution in [0.3, 0.4) is 0 Å². The lowest BCUT2D eigenvalue weighted by atomic mass is 9.69. The molecule has 2 fully saturated rings. The van der Waals surface area contributed by atoms with Crippen molar-refractivity contribution >= 4 is 0 Å². The van der Waals surface area contributed by atoms with E-state index in [1.165, 1.54) is 51.4 Å². The van der Waals surface area contributed by atoms with Crippen LogP contribution in [0.1, 0.15) is 64.7 Å². The number of hydrogen-bond donors (Lipinski definition) is 0. The summed E-state index contributed by atoms with van der Waals surface area (Å²) in [6.45, 7) is 2.20. The average molecular weight is 252 g/mol. The monoisotopic (exact) mass is 252 g/mol. The molecule has 0 aromatic carbocycles.